The summed E-state index contributed by atoms with van der Waals surface area (Å²) in [6.45, 7) is 11.5. The summed E-state index contributed by atoms with van der Waals surface area (Å²) in [6, 6.07) is 1.72. The zero-order chi connectivity index (χ0) is 21.9. The predicted octanol–water partition coefficient (Wildman–Crippen LogP) is 3.60. The molecule has 0 N–H and O–H groups in total. The second-order valence-corrected chi connectivity index (χ2v) is 12.0. The molecule has 0 radical (unpaired) electrons. The van der Waals surface area contributed by atoms with E-state index in [4.69, 9.17) is 14.0 Å². The van der Waals surface area contributed by atoms with Crippen molar-refractivity contribution in [1.82, 2.24) is 5.16 Å². The summed E-state index contributed by atoms with van der Waals surface area (Å²) in [5, 5.41) is 3.52. The number of rotatable bonds is 10. The maximum Gasteiger partial charge on any atom is 0.165 e. The first-order chi connectivity index (χ1) is 13.4. The number of carbonyl (C=O) groups excluding carboxylic acids is 1. The number of ether oxygens (including phenoxy) is 2. The van der Waals surface area contributed by atoms with E-state index in [0.717, 1.165) is 25.9 Å². The Labute approximate surface area is 174 Å². The third kappa shape index (κ3) is 5.47. The van der Waals surface area contributed by atoms with Gasteiger partial charge in [-0.2, -0.15) is 0 Å². The number of Topliss-reactive ketones (excluding diaryl/α,β-unsaturated/α-hetero) is 1. The van der Waals surface area contributed by atoms with E-state index in [1.54, 1.807) is 19.9 Å². The molecule has 1 aliphatic heterocycles. The highest BCUT2D eigenvalue weighted by molar-refractivity contribution is 7.94. The molecule has 8 heteroatoms. The average Bonchev–Trinajstić information content (AvgIpc) is 3.15. The van der Waals surface area contributed by atoms with E-state index in [2.05, 4.69) is 5.16 Å². The quantitative estimate of drug-likeness (QED) is 0.561. The first kappa shape index (κ1) is 24.0. The molecule has 0 bridgehead atoms. The lowest BCUT2D eigenvalue weighted by molar-refractivity contribution is -0.170. The van der Waals surface area contributed by atoms with Gasteiger partial charge in [-0.05, 0) is 46.5 Å². The molecule has 29 heavy (non-hydrogen) atoms. The van der Waals surface area contributed by atoms with Crippen LogP contribution in [0.4, 0.5) is 0 Å². The van der Waals surface area contributed by atoms with Crippen LogP contribution in [0.2, 0.25) is 0 Å². The lowest BCUT2D eigenvalue weighted by atomic mass is 9.90. The molecule has 0 spiro atoms. The SMILES string of the molecule is CC[C@@H](C)S(=O)(=O)C(C)(C)C(=O)Cc1cc(C(C)(C)COC2CCCCO2)no1. The molecule has 1 unspecified atom stereocenters. The van der Waals surface area contributed by atoms with Crippen LogP contribution in [0, 0.1) is 0 Å². The normalized spacial score (nSPS) is 19.9. The Hall–Kier alpha value is -1.25. The Bertz CT molecular complexity index is 790. The topological polar surface area (TPSA) is 95.7 Å². The van der Waals surface area contributed by atoms with Crippen LogP contribution >= 0.6 is 0 Å². The fourth-order valence-electron chi connectivity index (χ4n) is 3.19. The third-order valence-corrected chi connectivity index (χ3v) is 8.89. The minimum atomic E-state index is -3.60. The molecule has 0 aliphatic carbocycles. The number of aromatic nitrogens is 1. The van der Waals surface area contributed by atoms with Gasteiger partial charge in [-0.25, -0.2) is 8.42 Å². The van der Waals surface area contributed by atoms with Crippen molar-refractivity contribution in [2.45, 2.75) is 95.3 Å². The summed E-state index contributed by atoms with van der Waals surface area (Å²) in [4.78, 5) is 12.8. The fraction of sp³-hybridized carbons (Fsp3) is 0.810. The molecule has 0 aromatic carbocycles. The van der Waals surface area contributed by atoms with Crippen molar-refractivity contribution in [3.63, 3.8) is 0 Å². The maximum atomic E-state index is 12.8. The van der Waals surface area contributed by atoms with E-state index in [0.29, 0.717) is 24.5 Å². The largest absolute Gasteiger partial charge is 0.361 e. The molecule has 7 nitrogen and oxygen atoms in total. The second-order valence-electron chi connectivity index (χ2n) is 9.04. The molecule has 1 aliphatic rings. The van der Waals surface area contributed by atoms with Crippen molar-refractivity contribution in [1.29, 1.82) is 0 Å². The van der Waals surface area contributed by atoms with Gasteiger partial charge in [0.1, 0.15) is 10.5 Å². The standard InChI is InChI=1S/C21H35NO6S/c1-7-15(2)29(24,25)21(5,6)18(23)13-16-12-17(22-28-16)20(3,4)14-27-19-10-8-9-11-26-19/h12,15,19H,7-11,13-14H2,1-6H3/t15-,19?/m1/s1. The molecule has 2 heterocycles. The van der Waals surface area contributed by atoms with Gasteiger partial charge >= 0.3 is 0 Å². The molecule has 2 atom stereocenters. The third-order valence-electron chi connectivity index (χ3n) is 5.84. The van der Waals surface area contributed by atoms with Crippen LogP contribution in [-0.4, -0.2) is 48.9 Å². The highest BCUT2D eigenvalue weighted by atomic mass is 32.2. The van der Waals surface area contributed by atoms with Crippen molar-refractivity contribution in [3.8, 4) is 0 Å². The van der Waals surface area contributed by atoms with E-state index in [1.165, 1.54) is 13.8 Å². The van der Waals surface area contributed by atoms with Crippen LogP contribution in [0.15, 0.2) is 10.6 Å². The van der Waals surface area contributed by atoms with E-state index >= 15 is 0 Å². The van der Waals surface area contributed by atoms with Gasteiger partial charge in [0.15, 0.2) is 21.9 Å². The van der Waals surface area contributed by atoms with E-state index in [1.807, 2.05) is 13.8 Å². The summed E-state index contributed by atoms with van der Waals surface area (Å²) >= 11 is 0. The molecular weight excluding hydrogens is 394 g/mol. The molecule has 0 amide bonds. The van der Waals surface area contributed by atoms with Gasteiger partial charge in [-0.15, -0.1) is 0 Å². The second kappa shape index (κ2) is 9.27. The van der Waals surface area contributed by atoms with Crippen LogP contribution in [0.25, 0.3) is 0 Å². The Morgan fingerprint density at radius 1 is 1.31 bits per heavy atom. The van der Waals surface area contributed by atoms with Crippen molar-refractivity contribution >= 4 is 15.6 Å². The number of hydrogen-bond acceptors (Lipinski definition) is 7. The molecular formula is C21H35NO6S. The summed E-state index contributed by atoms with van der Waals surface area (Å²) in [6.07, 6.45) is 3.20. The number of carbonyl (C=O) groups is 1. The van der Waals surface area contributed by atoms with Crippen LogP contribution in [0.5, 0.6) is 0 Å². The highest BCUT2D eigenvalue weighted by Crippen LogP contribution is 2.28. The smallest absolute Gasteiger partial charge is 0.165 e. The minimum absolute atomic E-state index is 0.113. The lowest BCUT2D eigenvalue weighted by Crippen LogP contribution is -2.45. The average molecular weight is 430 g/mol. The van der Waals surface area contributed by atoms with Crippen molar-refractivity contribution in [3.05, 3.63) is 17.5 Å². The maximum absolute atomic E-state index is 12.8. The van der Waals surface area contributed by atoms with Gasteiger partial charge < -0.3 is 14.0 Å². The van der Waals surface area contributed by atoms with Crippen LogP contribution < -0.4 is 0 Å². The number of ketones is 1. The van der Waals surface area contributed by atoms with E-state index in [9.17, 15) is 13.2 Å². The van der Waals surface area contributed by atoms with Gasteiger partial charge in [0.25, 0.3) is 0 Å². The summed E-state index contributed by atoms with van der Waals surface area (Å²) in [7, 11) is -3.60. The number of hydrogen-bond donors (Lipinski definition) is 0. The first-order valence-electron chi connectivity index (χ1n) is 10.4. The summed E-state index contributed by atoms with van der Waals surface area (Å²) in [5.74, 6) is -0.0374. The van der Waals surface area contributed by atoms with Crippen molar-refractivity contribution < 1.29 is 27.2 Å². The molecule has 1 aromatic rings. The zero-order valence-electron chi connectivity index (χ0n) is 18.5. The number of nitrogens with zero attached hydrogens (tertiary/aromatic N) is 1. The first-order valence-corrected chi connectivity index (χ1v) is 11.9. The molecule has 1 fully saturated rings. The van der Waals surface area contributed by atoms with Crippen molar-refractivity contribution in [2.75, 3.05) is 13.2 Å². The Morgan fingerprint density at radius 2 is 2.00 bits per heavy atom. The van der Waals surface area contributed by atoms with E-state index in [-0.39, 0.29) is 12.7 Å². The zero-order valence-corrected chi connectivity index (χ0v) is 19.3. The van der Waals surface area contributed by atoms with Gasteiger partial charge in [0, 0.05) is 18.1 Å². The van der Waals surface area contributed by atoms with Crippen molar-refractivity contribution in [2.24, 2.45) is 0 Å². The molecule has 1 aromatic heterocycles. The Balaban J connectivity index is 2.04. The minimum Gasteiger partial charge on any atom is -0.361 e. The van der Waals surface area contributed by atoms with Gasteiger partial charge in [0.2, 0.25) is 0 Å². The summed E-state index contributed by atoms with van der Waals surface area (Å²) < 4.78 is 40.8. The van der Waals surface area contributed by atoms with Crippen LogP contribution in [0.1, 0.15) is 78.7 Å². The van der Waals surface area contributed by atoms with Gasteiger partial charge in [-0.1, -0.05) is 25.9 Å². The molecule has 1 saturated heterocycles. The highest BCUT2D eigenvalue weighted by Gasteiger charge is 2.44. The Kier molecular flexibility index (Phi) is 7.68. The Morgan fingerprint density at radius 3 is 2.59 bits per heavy atom. The predicted molar refractivity (Wildman–Crippen MR) is 111 cm³/mol. The lowest BCUT2D eigenvalue weighted by Gasteiger charge is -2.28. The fourth-order valence-corrected chi connectivity index (χ4v) is 5.02. The van der Waals surface area contributed by atoms with Crippen LogP contribution in [-0.2, 0) is 35.9 Å². The monoisotopic (exact) mass is 429 g/mol. The molecule has 0 saturated carbocycles. The molecule has 166 valence electrons. The van der Waals surface area contributed by atoms with Gasteiger partial charge in [-0.3, -0.25) is 4.79 Å². The van der Waals surface area contributed by atoms with Gasteiger partial charge in [0.05, 0.1) is 24.0 Å². The number of sulfone groups is 1. The van der Waals surface area contributed by atoms with Crippen LogP contribution in [0.3, 0.4) is 0 Å². The van der Waals surface area contributed by atoms with E-state index < -0.39 is 31.0 Å². The summed E-state index contributed by atoms with van der Waals surface area (Å²) in [5.41, 5.74) is 0.239. The molecule has 2 rings (SSSR count).